The number of nitrogens with zero attached hydrogens (tertiary/aromatic N) is 1. The molecule has 0 atom stereocenters. The third-order valence-corrected chi connectivity index (χ3v) is 5.61. The topological polar surface area (TPSA) is 51.2 Å². The Bertz CT molecular complexity index is 797. The highest BCUT2D eigenvalue weighted by Gasteiger charge is 2.36. The summed E-state index contributed by atoms with van der Waals surface area (Å²) < 4.78 is 16.6. The molecule has 1 aliphatic rings. The zero-order valence-corrected chi connectivity index (χ0v) is 17.3. The van der Waals surface area contributed by atoms with Crippen molar-refractivity contribution in [2.24, 2.45) is 0 Å². The van der Waals surface area contributed by atoms with Gasteiger partial charge in [0.05, 0.1) is 26.4 Å². The molecule has 1 heterocycles. The molecule has 0 bridgehead atoms. The van der Waals surface area contributed by atoms with Crippen LogP contribution in [0.15, 0.2) is 36.4 Å². The Balaban J connectivity index is 1.71. The molecule has 0 spiro atoms. The van der Waals surface area contributed by atoms with Crippen LogP contribution in [0.3, 0.4) is 0 Å². The summed E-state index contributed by atoms with van der Waals surface area (Å²) in [6, 6.07) is 11.9. The molecular formula is C23H31NO4. The number of para-hydroxylation sites is 1. The summed E-state index contributed by atoms with van der Waals surface area (Å²) in [5.41, 5.74) is 2.46. The van der Waals surface area contributed by atoms with E-state index in [9.17, 15) is 5.11 Å². The van der Waals surface area contributed by atoms with Crippen LogP contribution in [0.4, 0.5) is 0 Å². The van der Waals surface area contributed by atoms with Crippen LogP contribution in [0, 0.1) is 6.92 Å². The number of benzene rings is 2. The maximum atomic E-state index is 11.2. The fourth-order valence-corrected chi connectivity index (χ4v) is 3.92. The molecule has 5 heteroatoms. The van der Waals surface area contributed by atoms with Gasteiger partial charge in [0.25, 0.3) is 0 Å². The van der Waals surface area contributed by atoms with Gasteiger partial charge in [0.15, 0.2) is 11.5 Å². The lowest BCUT2D eigenvalue weighted by molar-refractivity contribution is -0.0292. The number of rotatable bonds is 7. The van der Waals surface area contributed by atoms with E-state index in [0.717, 1.165) is 42.4 Å². The van der Waals surface area contributed by atoms with E-state index in [2.05, 4.69) is 17.9 Å². The first-order valence-corrected chi connectivity index (χ1v) is 9.89. The Morgan fingerprint density at radius 3 is 2.32 bits per heavy atom. The van der Waals surface area contributed by atoms with Crippen LogP contribution < -0.4 is 14.2 Å². The molecule has 0 unspecified atom stereocenters. The molecule has 1 saturated heterocycles. The molecule has 0 aliphatic carbocycles. The molecule has 2 aromatic carbocycles. The predicted molar refractivity (Wildman–Crippen MR) is 110 cm³/mol. The molecule has 3 rings (SSSR count). The number of hydrogen-bond donors (Lipinski definition) is 1. The second-order valence-corrected chi connectivity index (χ2v) is 7.37. The normalized spacial score (nSPS) is 16.6. The molecule has 0 aromatic heterocycles. The van der Waals surface area contributed by atoms with Crippen molar-refractivity contribution >= 4 is 0 Å². The lowest BCUT2D eigenvalue weighted by Crippen LogP contribution is -2.42. The summed E-state index contributed by atoms with van der Waals surface area (Å²) in [6.45, 7) is 7.16. The average molecular weight is 386 g/mol. The van der Waals surface area contributed by atoms with Crippen molar-refractivity contribution in [3.8, 4) is 17.2 Å². The first-order chi connectivity index (χ1) is 13.5. The van der Waals surface area contributed by atoms with Gasteiger partial charge in [0.1, 0.15) is 5.75 Å². The van der Waals surface area contributed by atoms with Crippen LogP contribution in [0.25, 0.3) is 0 Å². The van der Waals surface area contributed by atoms with Gasteiger partial charge in [-0.25, -0.2) is 0 Å². The van der Waals surface area contributed by atoms with Gasteiger partial charge in [-0.05, 0) is 56.0 Å². The fourth-order valence-electron chi connectivity index (χ4n) is 3.92. The molecule has 1 aliphatic heterocycles. The number of aryl methyl sites for hydroxylation is 1. The lowest BCUT2D eigenvalue weighted by Gasteiger charge is -2.39. The van der Waals surface area contributed by atoms with Crippen LogP contribution in [0.5, 0.6) is 17.2 Å². The van der Waals surface area contributed by atoms with Crippen molar-refractivity contribution in [2.75, 3.05) is 33.9 Å². The molecule has 1 N–H and O–H groups in total. The number of likely N-dealkylation sites (tertiary alicyclic amines) is 1. The molecule has 0 saturated carbocycles. The van der Waals surface area contributed by atoms with Crippen molar-refractivity contribution in [1.29, 1.82) is 0 Å². The monoisotopic (exact) mass is 385 g/mol. The molecule has 2 aromatic rings. The van der Waals surface area contributed by atoms with Gasteiger partial charge in [-0.15, -0.1) is 0 Å². The van der Waals surface area contributed by atoms with Gasteiger partial charge < -0.3 is 19.3 Å². The van der Waals surface area contributed by atoms with Crippen LogP contribution in [-0.4, -0.2) is 43.9 Å². The highest BCUT2D eigenvalue weighted by molar-refractivity contribution is 5.47. The second-order valence-electron chi connectivity index (χ2n) is 7.37. The van der Waals surface area contributed by atoms with Gasteiger partial charge in [-0.3, -0.25) is 4.90 Å². The molecule has 0 amide bonds. The summed E-state index contributed by atoms with van der Waals surface area (Å²) in [5.74, 6) is 2.31. The highest BCUT2D eigenvalue weighted by atomic mass is 16.5. The molecule has 1 fully saturated rings. The van der Waals surface area contributed by atoms with E-state index in [1.165, 1.54) is 11.1 Å². The number of aliphatic hydroxyl groups is 1. The van der Waals surface area contributed by atoms with Gasteiger partial charge in [-0.2, -0.15) is 0 Å². The molecular weight excluding hydrogens is 354 g/mol. The Hall–Kier alpha value is -2.24. The van der Waals surface area contributed by atoms with E-state index in [1.54, 1.807) is 14.2 Å². The summed E-state index contributed by atoms with van der Waals surface area (Å²) in [7, 11) is 3.32. The average Bonchev–Trinajstić information content (AvgIpc) is 2.72. The fraction of sp³-hybridized carbons (Fsp3) is 0.478. The lowest BCUT2D eigenvalue weighted by atomic mass is 9.83. The summed E-state index contributed by atoms with van der Waals surface area (Å²) in [4.78, 5) is 2.38. The largest absolute Gasteiger partial charge is 0.496 e. The van der Waals surface area contributed by atoms with Crippen molar-refractivity contribution < 1.29 is 19.3 Å². The van der Waals surface area contributed by atoms with E-state index in [4.69, 9.17) is 14.2 Å². The highest BCUT2D eigenvalue weighted by Crippen LogP contribution is 2.38. The minimum absolute atomic E-state index is 0.606. The Morgan fingerprint density at radius 1 is 1.00 bits per heavy atom. The summed E-state index contributed by atoms with van der Waals surface area (Å²) in [6.07, 6.45) is 1.36. The van der Waals surface area contributed by atoms with Crippen LogP contribution in [-0.2, 0) is 12.1 Å². The number of methoxy groups -OCH3 is 2. The van der Waals surface area contributed by atoms with Crippen molar-refractivity contribution in [3.63, 3.8) is 0 Å². The Kier molecular flexibility index (Phi) is 6.47. The van der Waals surface area contributed by atoms with Crippen LogP contribution in [0.2, 0.25) is 0 Å². The standard InChI is InChI=1S/C23H31NO4/c1-5-28-22-15-18(17(2)14-21(22)27-4)16-24-12-10-23(25,11-13-24)19-8-6-7-9-20(19)26-3/h6-9,14-15,25H,5,10-13,16H2,1-4H3. The maximum Gasteiger partial charge on any atom is 0.161 e. The smallest absolute Gasteiger partial charge is 0.161 e. The van der Waals surface area contributed by atoms with Gasteiger partial charge in [0.2, 0.25) is 0 Å². The van der Waals surface area contributed by atoms with Crippen molar-refractivity contribution in [1.82, 2.24) is 4.90 Å². The molecule has 28 heavy (non-hydrogen) atoms. The van der Waals surface area contributed by atoms with Crippen LogP contribution in [0.1, 0.15) is 36.5 Å². The van der Waals surface area contributed by atoms with Gasteiger partial charge >= 0.3 is 0 Å². The minimum Gasteiger partial charge on any atom is -0.496 e. The minimum atomic E-state index is -0.839. The van der Waals surface area contributed by atoms with E-state index < -0.39 is 5.60 Å². The third-order valence-electron chi connectivity index (χ3n) is 5.61. The first kappa shape index (κ1) is 20.5. The third kappa shape index (κ3) is 4.26. The number of ether oxygens (including phenoxy) is 3. The maximum absolute atomic E-state index is 11.2. The van der Waals surface area contributed by atoms with E-state index >= 15 is 0 Å². The zero-order valence-electron chi connectivity index (χ0n) is 17.3. The summed E-state index contributed by atoms with van der Waals surface area (Å²) in [5, 5.41) is 11.2. The molecule has 5 nitrogen and oxygen atoms in total. The summed E-state index contributed by atoms with van der Waals surface area (Å²) >= 11 is 0. The zero-order chi connectivity index (χ0) is 20.1. The first-order valence-electron chi connectivity index (χ1n) is 9.89. The molecule has 152 valence electrons. The number of piperidine rings is 1. The van der Waals surface area contributed by atoms with Crippen molar-refractivity contribution in [3.05, 3.63) is 53.1 Å². The van der Waals surface area contributed by atoms with Gasteiger partial charge in [0, 0.05) is 25.2 Å². The van der Waals surface area contributed by atoms with E-state index in [1.807, 2.05) is 37.3 Å². The predicted octanol–water partition coefficient (Wildman–Crippen LogP) is 3.89. The SMILES string of the molecule is CCOc1cc(CN2CCC(O)(c3ccccc3OC)CC2)c(C)cc1OC. The Morgan fingerprint density at radius 2 is 1.68 bits per heavy atom. The quantitative estimate of drug-likeness (QED) is 0.784. The van der Waals surface area contributed by atoms with Crippen molar-refractivity contribution in [2.45, 2.75) is 38.8 Å². The van der Waals surface area contributed by atoms with E-state index in [0.29, 0.717) is 19.4 Å². The number of hydrogen-bond acceptors (Lipinski definition) is 5. The van der Waals surface area contributed by atoms with Crippen LogP contribution >= 0.6 is 0 Å². The molecule has 0 radical (unpaired) electrons. The Labute approximate surface area is 167 Å². The van der Waals surface area contributed by atoms with E-state index in [-0.39, 0.29) is 0 Å². The van der Waals surface area contributed by atoms with Gasteiger partial charge in [-0.1, -0.05) is 18.2 Å². The second kappa shape index (κ2) is 8.84.